The van der Waals surface area contributed by atoms with Gasteiger partial charge in [-0.15, -0.1) is 0 Å². The quantitative estimate of drug-likeness (QED) is 0.887. The van der Waals surface area contributed by atoms with Gasteiger partial charge in [-0.05, 0) is 43.4 Å². The zero-order valence-electron chi connectivity index (χ0n) is 14.1. The van der Waals surface area contributed by atoms with Crippen LogP contribution < -0.4 is 10.1 Å². The van der Waals surface area contributed by atoms with Gasteiger partial charge in [0.1, 0.15) is 11.9 Å². The van der Waals surface area contributed by atoms with Crippen molar-refractivity contribution >= 4 is 5.91 Å². The van der Waals surface area contributed by atoms with E-state index in [-0.39, 0.29) is 18.1 Å². The van der Waals surface area contributed by atoms with Gasteiger partial charge in [-0.3, -0.25) is 9.48 Å². The minimum Gasteiger partial charge on any atom is -0.488 e. The third-order valence-corrected chi connectivity index (χ3v) is 4.48. The number of amides is 1. The molecule has 1 aromatic carbocycles. The van der Waals surface area contributed by atoms with Gasteiger partial charge in [0.2, 0.25) is 5.91 Å². The summed E-state index contributed by atoms with van der Waals surface area (Å²) in [6.45, 7) is 0. The minimum absolute atomic E-state index is 0.0588. The fourth-order valence-corrected chi connectivity index (χ4v) is 3.21. The maximum atomic E-state index is 12.3. The SMILES string of the molecule is Cn1cc(CCC(=O)NC2CCCCC2Oc2ccccc2)cn1. The van der Waals surface area contributed by atoms with Crippen LogP contribution in [0.1, 0.15) is 37.7 Å². The van der Waals surface area contributed by atoms with Crippen molar-refractivity contribution in [1.82, 2.24) is 15.1 Å². The van der Waals surface area contributed by atoms with Crippen LogP contribution in [-0.4, -0.2) is 27.8 Å². The van der Waals surface area contributed by atoms with Crippen molar-refractivity contribution in [3.8, 4) is 5.75 Å². The monoisotopic (exact) mass is 327 g/mol. The van der Waals surface area contributed by atoms with Crippen LogP contribution in [0.5, 0.6) is 5.75 Å². The molecule has 2 aromatic rings. The summed E-state index contributed by atoms with van der Waals surface area (Å²) < 4.78 is 7.87. The van der Waals surface area contributed by atoms with Crippen molar-refractivity contribution in [2.24, 2.45) is 7.05 Å². The molecule has 5 heteroatoms. The predicted octanol–water partition coefficient (Wildman–Crippen LogP) is 2.86. The van der Waals surface area contributed by atoms with Gasteiger partial charge < -0.3 is 10.1 Å². The van der Waals surface area contributed by atoms with Gasteiger partial charge in [0.05, 0.1) is 12.2 Å². The molecule has 0 saturated heterocycles. The molecule has 1 aliphatic rings. The first kappa shape index (κ1) is 16.6. The summed E-state index contributed by atoms with van der Waals surface area (Å²) in [5, 5.41) is 7.31. The molecule has 5 nitrogen and oxygen atoms in total. The van der Waals surface area contributed by atoms with Gasteiger partial charge in [0.15, 0.2) is 0 Å². The predicted molar refractivity (Wildman–Crippen MR) is 92.8 cm³/mol. The topological polar surface area (TPSA) is 56.2 Å². The van der Waals surface area contributed by atoms with Gasteiger partial charge in [0.25, 0.3) is 0 Å². The molecule has 128 valence electrons. The first-order valence-electron chi connectivity index (χ1n) is 8.69. The molecule has 1 amide bonds. The van der Waals surface area contributed by atoms with E-state index in [1.807, 2.05) is 49.8 Å². The van der Waals surface area contributed by atoms with Crippen LogP contribution in [0.25, 0.3) is 0 Å². The molecule has 1 saturated carbocycles. The lowest BCUT2D eigenvalue weighted by Crippen LogP contribution is -2.47. The van der Waals surface area contributed by atoms with Crippen LogP contribution in [0, 0.1) is 0 Å². The Bertz CT molecular complexity index is 654. The molecule has 1 aliphatic carbocycles. The Hall–Kier alpha value is -2.30. The van der Waals surface area contributed by atoms with Crippen LogP contribution in [-0.2, 0) is 18.3 Å². The fourth-order valence-electron chi connectivity index (χ4n) is 3.21. The summed E-state index contributed by atoms with van der Waals surface area (Å²) >= 11 is 0. The Labute approximate surface area is 143 Å². The molecular weight excluding hydrogens is 302 g/mol. The molecule has 2 unspecified atom stereocenters. The zero-order valence-corrected chi connectivity index (χ0v) is 14.1. The summed E-state index contributed by atoms with van der Waals surface area (Å²) in [5.74, 6) is 0.964. The third-order valence-electron chi connectivity index (χ3n) is 4.48. The summed E-state index contributed by atoms with van der Waals surface area (Å²) in [5.41, 5.74) is 1.09. The molecule has 1 aromatic heterocycles. The molecule has 0 radical (unpaired) electrons. The van der Waals surface area contributed by atoms with Crippen LogP contribution in [0.3, 0.4) is 0 Å². The van der Waals surface area contributed by atoms with Crippen molar-refractivity contribution in [3.05, 3.63) is 48.3 Å². The molecule has 1 N–H and O–H groups in total. The molecule has 3 rings (SSSR count). The number of aromatic nitrogens is 2. The molecule has 24 heavy (non-hydrogen) atoms. The lowest BCUT2D eigenvalue weighted by molar-refractivity contribution is -0.122. The Morgan fingerprint density at radius 2 is 2.08 bits per heavy atom. The summed E-state index contributed by atoms with van der Waals surface area (Å²) in [6.07, 6.45) is 9.30. The second-order valence-corrected chi connectivity index (χ2v) is 6.45. The number of nitrogens with one attached hydrogen (secondary N) is 1. The highest BCUT2D eigenvalue weighted by Gasteiger charge is 2.28. The van der Waals surface area contributed by atoms with Gasteiger partial charge in [-0.25, -0.2) is 0 Å². The van der Waals surface area contributed by atoms with E-state index >= 15 is 0 Å². The number of carbonyl (C=O) groups is 1. The molecule has 0 aliphatic heterocycles. The van der Waals surface area contributed by atoms with Gasteiger partial charge in [-0.2, -0.15) is 5.10 Å². The molecule has 2 atom stereocenters. The maximum absolute atomic E-state index is 12.3. The van der Waals surface area contributed by atoms with E-state index in [0.717, 1.165) is 43.4 Å². The summed E-state index contributed by atoms with van der Waals surface area (Å²) in [4.78, 5) is 12.3. The smallest absolute Gasteiger partial charge is 0.220 e. The first-order chi connectivity index (χ1) is 11.7. The largest absolute Gasteiger partial charge is 0.488 e. The number of aryl methyl sites for hydroxylation is 2. The lowest BCUT2D eigenvalue weighted by atomic mass is 9.92. The second-order valence-electron chi connectivity index (χ2n) is 6.45. The highest BCUT2D eigenvalue weighted by atomic mass is 16.5. The van der Waals surface area contributed by atoms with E-state index in [9.17, 15) is 4.79 Å². The average molecular weight is 327 g/mol. The van der Waals surface area contributed by atoms with Crippen molar-refractivity contribution in [2.75, 3.05) is 0 Å². The second kappa shape index (κ2) is 7.99. The number of benzene rings is 1. The lowest BCUT2D eigenvalue weighted by Gasteiger charge is -2.32. The van der Waals surface area contributed by atoms with Gasteiger partial charge >= 0.3 is 0 Å². The van der Waals surface area contributed by atoms with Crippen molar-refractivity contribution in [3.63, 3.8) is 0 Å². The van der Waals surface area contributed by atoms with E-state index in [2.05, 4.69) is 10.4 Å². The molecule has 0 spiro atoms. The zero-order chi connectivity index (χ0) is 16.8. The minimum atomic E-state index is 0.0588. The van der Waals surface area contributed by atoms with Crippen LogP contribution in [0.15, 0.2) is 42.7 Å². The number of hydrogen-bond donors (Lipinski definition) is 1. The summed E-state index contributed by atoms with van der Waals surface area (Å²) in [7, 11) is 1.89. The molecule has 1 heterocycles. The number of para-hydroxylation sites is 1. The fraction of sp³-hybridized carbons (Fsp3) is 0.474. The summed E-state index contributed by atoms with van der Waals surface area (Å²) in [6, 6.07) is 9.96. The van der Waals surface area contributed by atoms with E-state index < -0.39 is 0 Å². The van der Waals surface area contributed by atoms with E-state index in [1.54, 1.807) is 4.68 Å². The Morgan fingerprint density at radius 3 is 2.83 bits per heavy atom. The standard InChI is InChI=1S/C19H25N3O2/c1-22-14-15(13-20-22)11-12-19(23)21-17-9-5-6-10-18(17)24-16-7-3-2-4-8-16/h2-4,7-8,13-14,17-18H,5-6,9-12H2,1H3,(H,21,23). The molecular formula is C19H25N3O2. The Balaban J connectivity index is 1.52. The van der Waals surface area contributed by atoms with E-state index in [1.165, 1.54) is 0 Å². The molecule has 0 bridgehead atoms. The molecule has 1 fully saturated rings. The van der Waals surface area contributed by atoms with Crippen molar-refractivity contribution in [2.45, 2.75) is 50.7 Å². The Morgan fingerprint density at radius 1 is 1.29 bits per heavy atom. The van der Waals surface area contributed by atoms with Crippen LogP contribution >= 0.6 is 0 Å². The van der Waals surface area contributed by atoms with Crippen LogP contribution in [0.4, 0.5) is 0 Å². The van der Waals surface area contributed by atoms with Crippen molar-refractivity contribution < 1.29 is 9.53 Å². The van der Waals surface area contributed by atoms with Gasteiger partial charge in [-0.1, -0.05) is 24.6 Å². The first-order valence-corrected chi connectivity index (χ1v) is 8.69. The maximum Gasteiger partial charge on any atom is 0.220 e. The number of hydrogen-bond acceptors (Lipinski definition) is 3. The Kier molecular flexibility index (Phi) is 5.51. The number of ether oxygens (including phenoxy) is 1. The normalized spacial score (nSPS) is 20.5. The highest BCUT2D eigenvalue weighted by molar-refractivity contribution is 5.76. The third kappa shape index (κ3) is 4.60. The average Bonchev–Trinajstić information content (AvgIpc) is 3.01. The highest BCUT2D eigenvalue weighted by Crippen LogP contribution is 2.24. The number of carbonyl (C=O) groups excluding carboxylic acids is 1. The van der Waals surface area contributed by atoms with E-state index in [4.69, 9.17) is 4.74 Å². The van der Waals surface area contributed by atoms with Crippen molar-refractivity contribution in [1.29, 1.82) is 0 Å². The van der Waals surface area contributed by atoms with E-state index in [0.29, 0.717) is 6.42 Å². The number of rotatable bonds is 6. The van der Waals surface area contributed by atoms with Gasteiger partial charge in [0, 0.05) is 19.7 Å². The number of nitrogens with zero attached hydrogens (tertiary/aromatic N) is 2. The van der Waals surface area contributed by atoms with Crippen LogP contribution in [0.2, 0.25) is 0 Å².